The summed E-state index contributed by atoms with van der Waals surface area (Å²) in [6, 6.07) is 9.47. The molecule has 80 valence electrons. The summed E-state index contributed by atoms with van der Waals surface area (Å²) in [5.41, 5.74) is 0.997. The number of hydrogen-bond acceptors (Lipinski definition) is 3. The third-order valence-electron chi connectivity index (χ3n) is 1.93. The molecule has 0 saturated carbocycles. The number of ketones is 1. The van der Waals surface area contributed by atoms with Crippen molar-refractivity contribution >= 4 is 27.7 Å². The van der Waals surface area contributed by atoms with Gasteiger partial charge in [-0.15, -0.1) is 0 Å². The first-order valence-electron chi connectivity index (χ1n) is 4.45. The van der Waals surface area contributed by atoms with Gasteiger partial charge in [0.2, 0.25) is 0 Å². The minimum Gasteiger partial charge on any atom is -0.463 e. The van der Waals surface area contributed by atoms with Crippen molar-refractivity contribution in [2.75, 3.05) is 7.11 Å². The van der Waals surface area contributed by atoms with Crippen molar-refractivity contribution in [3.8, 4) is 0 Å². The number of carbonyl (C=O) groups excluding carboxylic acids is 2. The highest BCUT2D eigenvalue weighted by molar-refractivity contribution is 9.10. The Labute approximate surface area is 96.6 Å². The van der Waals surface area contributed by atoms with E-state index in [1.54, 1.807) is 0 Å². The average molecular weight is 271 g/mol. The van der Waals surface area contributed by atoms with Crippen LogP contribution in [0.1, 0.15) is 5.56 Å². The summed E-state index contributed by atoms with van der Waals surface area (Å²) in [6.45, 7) is 0. The minimum absolute atomic E-state index is 0.481. The van der Waals surface area contributed by atoms with Crippen LogP contribution in [0.3, 0.4) is 0 Å². The fourth-order valence-corrected chi connectivity index (χ4v) is 1.70. The maximum Gasteiger partial charge on any atom is 0.375 e. The molecule has 0 aromatic heterocycles. The largest absolute Gasteiger partial charge is 0.463 e. The molecule has 0 aliphatic heterocycles. The minimum atomic E-state index is -0.812. The van der Waals surface area contributed by atoms with Gasteiger partial charge in [0.15, 0.2) is 0 Å². The molecule has 1 atom stereocenters. The number of alkyl halides is 1. The van der Waals surface area contributed by atoms with Crippen molar-refractivity contribution in [1.82, 2.24) is 0 Å². The lowest BCUT2D eigenvalue weighted by molar-refractivity contribution is -0.151. The zero-order valence-electron chi connectivity index (χ0n) is 8.27. The first kappa shape index (κ1) is 11.9. The van der Waals surface area contributed by atoms with Gasteiger partial charge in [-0.3, -0.25) is 4.79 Å². The highest BCUT2D eigenvalue weighted by Crippen LogP contribution is 2.11. The van der Waals surface area contributed by atoms with Crippen molar-refractivity contribution in [3.05, 3.63) is 35.9 Å². The number of esters is 1. The molecule has 0 fully saturated rings. The Bertz CT molecular complexity index is 348. The van der Waals surface area contributed by atoms with E-state index < -0.39 is 16.6 Å². The summed E-state index contributed by atoms with van der Waals surface area (Å²) >= 11 is 3.17. The van der Waals surface area contributed by atoms with Gasteiger partial charge in [0, 0.05) is 0 Å². The highest BCUT2D eigenvalue weighted by Gasteiger charge is 2.23. The van der Waals surface area contributed by atoms with Gasteiger partial charge >= 0.3 is 5.97 Å². The first-order chi connectivity index (χ1) is 7.15. The van der Waals surface area contributed by atoms with Crippen molar-refractivity contribution in [3.63, 3.8) is 0 Å². The molecule has 0 amide bonds. The van der Waals surface area contributed by atoms with Crippen LogP contribution in [0.2, 0.25) is 0 Å². The Hall–Kier alpha value is -1.16. The van der Waals surface area contributed by atoms with Crippen LogP contribution < -0.4 is 0 Å². The van der Waals surface area contributed by atoms with Crippen LogP contribution in [0.15, 0.2) is 30.3 Å². The van der Waals surface area contributed by atoms with Gasteiger partial charge in [0.05, 0.1) is 11.9 Å². The van der Waals surface area contributed by atoms with E-state index in [0.717, 1.165) is 5.56 Å². The lowest BCUT2D eigenvalue weighted by Gasteiger charge is -2.06. The van der Waals surface area contributed by atoms with E-state index in [9.17, 15) is 9.59 Å². The molecule has 15 heavy (non-hydrogen) atoms. The van der Waals surface area contributed by atoms with Gasteiger partial charge < -0.3 is 4.74 Å². The van der Waals surface area contributed by atoms with Crippen LogP contribution in [-0.4, -0.2) is 23.7 Å². The topological polar surface area (TPSA) is 43.4 Å². The second-order valence-electron chi connectivity index (χ2n) is 3.01. The standard InChI is InChI=1S/C11H11BrO3/c1-15-11(14)10(13)9(12)7-8-5-3-2-4-6-8/h2-6,9H,7H2,1H3. The lowest BCUT2D eigenvalue weighted by Crippen LogP contribution is -2.26. The number of hydrogen-bond donors (Lipinski definition) is 0. The van der Waals surface area contributed by atoms with Gasteiger partial charge in [-0.1, -0.05) is 46.3 Å². The quantitative estimate of drug-likeness (QED) is 0.476. The SMILES string of the molecule is COC(=O)C(=O)C(Br)Cc1ccccc1. The summed E-state index contributed by atoms with van der Waals surface area (Å²) in [5.74, 6) is -1.37. The molecule has 1 unspecified atom stereocenters. The van der Waals surface area contributed by atoms with E-state index in [2.05, 4.69) is 20.7 Å². The first-order valence-corrected chi connectivity index (χ1v) is 5.37. The molecule has 0 aliphatic carbocycles. The molecule has 0 spiro atoms. The fraction of sp³-hybridized carbons (Fsp3) is 0.273. The molecular weight excluding hydrogens is 260 g/mol. The molecule has 1 aromatic carbocycles. The second kappa shape index (κ2) is 5.66. The summed E-state index contributed by atoms with van der Waals surface area (Å²) in [7, 11) is 1.20. The summed E-state index contributed by atoms with van der Waals surface area (Å²) in [4.78, 5) is 21.8. The Morgan fingerprint density at radius 3 is 2.47 bits per heavy atom. The molecule has 0 saturated heterocycles. The number of halogens is 1. The van der Waals surface area contributed by atoms with E-state index in [0.29, 0.717) is 6.42 Å². The Kier molecular flexibility index (Phi) is 4.49. The Balaban J connectivity index is 2.60. The molecule has 3 nitrogen and oxygen atoms in total. The van der Waals surface area contributed by atoms with Crippen LogP contribution in [0.4, 0.5) is 0 Å². The molecule has 0 bridgehead atoms. The fourth-order valence-electron chi connectivity index (χ4n) is 1.14. The normalized spacial score (nSPS) is 11.9. The van der Waals surface area contributed by atoms with Crippen LogP contribution >= 0.6 is 15.9 Å². The Morgan fingerprint density at radius 2 is 1.93 bits per heavy atom. The van der Waals surface area contributed by atoms with Gasteiger partial charge in [0.25, 0.3) is 5.78 Å². The van der Waals surface area contributed by atoms with E-state index >= 15 is 0 Å². The summed E-state index contributed by atoms with van der Waals surface area (Å²) < 4.78 is 4.35. The molecule has 0 radical (unpaired) electrons. The Morgan fingerprint density at radius 1 is 1.33 bits per heavy atom. The van der Waals surface area contributed by atoms with E-state index in [1.807, 2.05) is 30.3 Å². The van der Waals surface area contributed by atoms with Gasteiger partial charge in [-0.2, -0.15) is 0 Å². The van der Waals surface area contributed by atoms with E-state index in [-0.39, 0.29) is 0 Å². The number of ether oxygens (including phenoxy) is 1. The van der Waals surface area contributed by atoms with Crippen LogP contribution in [-0.2, 0) is 20.7 Å². The highest BCUT2D eigenvalue weighted by atomic mass is 79.9. The number of benzene rings is 1. The van der Waals surface area contributed by atoms with Crippen molar-refractivity contribution in [2.24, 2.45) is 0 Å². The van der Waals surface area contributed by atoms with E-state index in [1.165, 1.54) is 7.11 Å². The third-order valence-corrected chi connectivity index (χ3v) is 2.67. The average Bonchev–Trinajstić information content (AvgIpc) is 2.28. The van der Waals surface area contributed by atoms with Crippen LogP contribution in [0.5, 0.6) is 0 Å². The van der Waals surface area contributed by atoms with E-state index in [4.69, 9.17) is 0 Å². The number of carbonyl (C=O) groups is 2. The number of rotatable bonds is 4. The lowest BCUT2D eigenvalue weighted by atomic mass is 10.1. The third kappa shape index (κ3) is 3.47. The molecular formula is C11H11BrO3. The molecule has 0 heterocycles. The zero-order chi connectivity index (χ0) is 11.3. The van der Waals surface area contributed by atoms with Crippen LogP contribution in [0, 0.1) is 0 Å². The second-order valence-corrected chi connectivity index (χ2v) is 4.12. The molecule has 0 aliphatic rings. The maximum absolute atomic E-state index is 11.4. The molecule has 0 N–H and O–H groups in total. The monoisotopic (exact) mass is 270 g/mol. The summed E-state index contributed by atoms with van der Waals surface area (Å²) in [6.07, 6.45) is 0.481. The van der Waals surface area contributed by atoms with Gasteiger partial charge in [0.1, 0.15) is 0 Å². The molecule has 1 rings (SSSR count). The van der Waals surface area contributed by atoms with Crippen molar-refractivity contribution in [1.29, 1.82) is 0 Å². The van der Waals surface area contributed by atoms with Crippen LogP contribution in [0.25, 0.3) is 0 Å². The van der Waals surface area contributed by atoms with Crippen molar-refractivity contribution in [2.45, 2.75) is 11.2 Å². The number of methoxy groups -OCH3 is 1. The predicted molar refractivity (Wildman–Crippen MR) is 59.9 cm³/mol. The zero-order valence-corrected chi connectivity index (χ0v) is 9.86. The van der Waals surface area contributed by atoms with Crippen molar-refractivity contribution < 1.29 is 14.3 Å². The van der Waals surface area contributed by atoms with Gasteiger partial charge in [-0.25, -0.2) is 4.79 Å². The maximum atomic E-state index is 11.4. The number of Topliss-reactive ketones (excluding diaryl/α,β-unsaturated/α-hetero) is 1. The van der Waals surface area contributed by atoms with Gasteiger partial charge in [-0.05, 0) is 12.0 Å². The smallest absolute Gasteiger partial charge is 0.375 e. The summed E-state index contributed by atoms with van der Waals surface area (Å²) in [5, 5.41) is 0. The predicted octanol–water partition coefficient (Wildman–Crippen LogP) is 1.73. The molecule has 4 heteroatoms. The molecule has 1 aromatic rings.